The molecule has 3 aromatic carbocycles. The summed E-state index contributed by atoms with van der Waals surface area (Å²) in [5, 5.41) is 7.02. The molecule has 3 aromatic rings. The van der Waals surface area contributed by atoms with Crippen molar-refractivity contribution in [2.24, 2.45) is 5.10 Å². The van der Waals surface area contributed by atoms with E-state index >= 15 is 0 Å². The molecule has 176 valence electrons. The van der Waals surface area contributed by atoms with E-state index in [4.69, 9.17) is 16.3 Å². The van der Waals surface area contributed by atoms with E-state index < -0.39 is 10.3 Å². The fourth-order valence-corrected chi connectivity index (χ4v) is 6.78. The van der Waals surface area contributed by atoms with E-state index in [9.17, 15) is 9.59 Å². The first kappa shape index (κ1) is 23.5. The van der Waals surface area contributed by atoms with Gasteiger partial charge >= 0.3 is 5.97 Å². The van der Waals surface area contributed by atoms with Gasteiger partial charge in [0, 0.05) is 10.7 Å². The van der Waals surface area contributed by atoms with Crippen molar-refractivity contribution in [2.75, 3.05) is 17.0 Å². The van der Waals surface area contributed by atoms with E-state index in [0.29, 0.717) is 21.3 Å². The lowest BCUT2D eigenvalue weighted by Crippen LogP contribution is -2.51. The molecule has 6 nitrogen and oxygen atoms in total. The van der Waals surface area contributed by atoms with Crippen LogP contribution in [0.2, 0.25) is 5.02 Å². The summed E-state index contributed by atoms with van der Waals surface area (Å²) in [5.41, 5.74) is 3.41. The highest BCUT2D eigenvalue weighted by atomic mass is 35.5. The van der Waals surface area contributed by atoms with Gasteiger partial charge in [0.05, 0.1) is 17.7 Å². The Bertz CT molecular complexity index is 1340. The second-order valence-corrected chi connectivity index (χ2v) is 10.9. The Hall–Kier alpha value is -3.20. The van der Waals surface area contributed by atoms with Crippen LogP contribution in [0.15, 0.2) is 88.9 Å². The SMILES string of the molecule is COC(=O)C1=NN(c2ccc(Cl)cc2)[C@]2(S1)S/C(=C/c1ccc(C)cc1)C(=O)N2c1ccccc1. The quantitative estimate of drug-likeness (QED) is 0.304. The van der Waals surface area contributed by atoms with E-state index in [1.807, 2.05) is 79.7 Å². The van der Waals surface area contributed by atoms with Gasteiger partial charge in [-0.2, -0.15) is 5.10 Å². The van der Waals surface area contributed by atoms with Gasteiger partial charge in [0.25, 0.3) is 5.91 Å². The molecule has 1 saturated heterocycles. The number of carbonyl (C=O) groups is 2. The van der Waals surface area contributed by atoms with Crippen LogP contribution < -0.4 is 9.91 Å². The molecule has 1 amide bonds. The minimum Gasteiger partial charge on any atom is -0.464 e. The van der Waals surface area contributed by atoms with Crippen LogP contribution >= 0.6 is 35.1 Å². The number of hydrogen-bond donors (Lipinski definition) is 0. The summed E-state index contributed by atoms with van der Waals surface area (Å²) in [5.74, 6) is -0.752. The van der Waals surface area contributed by atoms with Crippen molar-refractivity contribution in [3.63, 3.8) is 0 Å². The number of hydrogen-bond acceptors (Lipinski definition) is 7. The van der Waals surface area contributed by atoms with Crippen molar-refractivity contribution >= 4 is 69.5 Å². The number of methoxy groups -OCH3 is 1. The summed E-state index contributed by atoms with van der Waals surface area (Å²) in [6.07, 6.45) is 1.87. The number of nitrogens with zero attached hydrogens (tertiary/aromatic N) is 3. The van der Waals surface area contributed by atoms with Crippen LogP contribution in [-0.4, -0.2) is 28.4 Å². The molecule has 1 atom stereocenters. The van der Waals surface area contributed by atoms with E-state index in [0.717, 1.165) is 11.1 Å². The molecule has 2 aliphatic rings. The van der Waals surface area contributed by atoms with Gasteiger partial charge in [-0.25, -0.2) is 9.80 Å². The Morgan fingerprint density at radius 2 is 1.66 bits per heavy atom. The summed E-state index contributed by atoms with van der Waals surface area (Å²) in [6.45, 7) is 2.02. The fourth-order valence-electron chi connectivity index (χ4n) is 3.75. The number of thioether (sulfide) groups is 2. The number of hydrazone groups is 1. The standard InChI is InChI=1S/C26H20ClN3O3S2/c1-17-8-10-18(11-9-17)16-22-24(31)29(20-6-4-3-5-7-20)26(34-22)30(21-14-12-19(27)13-15-21)28-23(35-26)25(32)33-2/h3-16H,1-2H3/b22-16+/t26-/m0/s1. The smallest absolute Gasteiger partial charge is 0.365 e. The molecule has 0 radical (unpaired) electrons. The lowest BCUT2D eigenvalue weighted by atomic mass is 10.1. The van der Waals surface area contributed by atoms with Gasteiger partial charge in [-0.15, -0.1) is 0 Å². The first-order chi connectivity index (χ1) is 16.9. The Morgan fingerprint density at radius 1 is 0.971 bits per heavy atom. The Balaban J connectivity index is 1.68. The lowest BCUT2D eigenvalue weighted by molar-refractivity contribution is -0.132. The molecule has 0 aromatic heterocycles. The average Bonchev–Trinajstić information content (AvgIpc) is 3.38. The number of para-hydroxylation sites is 1. The van der Waals surface area contributed by atoms with Crippen molar-refractivity contribution in [3.8, 4) is 0 Å². The monoisotopic (exact) mass is 521 g/mol. The number of rotatable bonds is 4. The van der Waals surface area contributed by atoms with Gasteiger partial charge in [0.1, 0.15) is 0 Å². The van der Waals surface area contributed by atoms with Gasteiger partial charge in [-0.1, -0.05) is 71.4 Å². The predicted molar refractivity (Wildman–Crippen MR) is 144 cm³/mol. The highest BCUT2D eigenvalue weighted by molar-refractivity contribution is 8.29. The molecule has 0 saturated carbocycles. The van der Waals surface area contributed by atoms with Crippen LogP contribution in [0.5, 0.6) is 0 Å². The number of carbonyl (C=O) groups excluding carboxylic acids is 2. The fraction of sp³-hybridized carbons (Fsp3) is 0.115. The first-order valence-corrected chi connectivity index (χ1v) is 12.7. The molecule has 1 fully saturated rings. The van der Waals surface area contributed by atoms with Crippen LogP contribution in [0.25, 0.3) is 6.08 Å². The molecule has 0 N–H and O–H groups in total. The molecule has 35 heavy (non-hydrogen) atoms. The summed E-state index contributed by atoms with van der Waals surface area (Å²) in [6, 6.07) is 24.4. The maximum atomic E-state index is 13.9. The van der Waals surface area contributed by atoms with Crippen molar-refractivity contribution < 1.29 is 14.3 Å². The van der Waals surface area contributed by atoms with Crippen LogP contribution in [-0.2, 0) is 14.3 Å². The second-order valence-electron chi connectivity index (χ2n) is 7.83. The average molecular weight is 522 g/mol. The minimum atomic E-state index is -1.12. The topological polar surface area (TPSA) is 62.2 Å². The number of benzene rings is 3. The minimum absolute atomic E-state index is 0.153. The third-order valence-electron chi connectivity index (χ3n) is 5.45. The van der Waals surface area contributed by atoms with E-state index in [2.05, 4.69) is 5.10 Å². The maximum Gasteiger partial charge on any atom is 0.365 e. The molecule has 0 bridgehead atoms. The summed E-state index contributed by atoms with van der Waals surface area (Å²) in [7, 11) is 1.31. The predicted octanol–water partition coefficient (Wildman–Crippen LogP) is 6.12. The van der Waals surface area contributed by atoms with Gasteiger partial charge < -0.3 is 4.74 Å². The van der Waals surface area contributed by atoms with Crippen molar-refractivity contribution in [2.45, 2.75) is 11.3 Å². The third-order valence-corrected chi connectivity index (χ3v) is 8.40. The molecule has 1 spiro atoms. The van der Waals surface area contributed by atoms with Crippen molar-refractivity contribution in [1.29, 1.82) is 0 Å². The zero-order valence-electron chi connectivity index (χ0n) is 18.8. The van der Waals surface area contributed by atoms with Crippen LogP contribution in [0.1, 0.15) is 11.1 Å². The Kier molecular flexibility index (Phi) is 6.35. The molecule has 5 rings (SSSR count). The molecule has 0 aliphatic carbocycles. The van der Waals surface area contributed by atoms with E-state index in [1.54, 1.807) is 22.0 Å². The normalized spacial score (nSPS) is 20.6. The number of anilines is 2. The third kappa shape index (κ3) is 4.33. The van der Waals surface area contributed by atoms with E-state index in [1.165, 1.54) is 30.6 Å². The number of ether oxygens (including phenoxy) is 1. The summed E-state index contributed by atoms with van der Waals surface area (Å²) in [4.78, 5) is 28.7. The Morgan fingerprint density at radius 3 is 2.31 bits per heavy atom. The van der Waals surface area contributed by atoms with E-state index in [-0.39, 0.29) is 11.0 Å². The summed E-state index contributed by atoms with van der Waals surface area (Å²) >= 11 is 8.65. The largest absolute Gasteiger partial charge is 0.464 e. The van der Waals surface area contributed by atoms with Gasteiger partial charge in [-0.3, -0.25) is 9.69 Å². The van der Waals surface area contributed by atoms with Gasteiger partial charge in [-0.05, 0) is 66.7 Å². The van der Waals surface area contributed by atoms with Gasteiger partial charge in [0.2, 0.25) is 9.37 Å². The number of aryl methyl sites for hydroxylation is 1. The zero-order chi connectivity index (χ0) is 24.6. The number of esters is 1. The molecule has 9 heteroatoms. The molecular formula is C26H20ClN3O3S2. The second kappa shape index (κ2) is 9.45. The molecular weight excluding hydrogens is 502 g/mol. The van der Waals surface area contributed by atoms with Crippen LogP contribution in [0, 0.1) is 6.92 Å². The molecule has 2 heterocycles. The highest BCUT2D eigenvalue weighted by Gasteiger charge is 2.60. The van der Waals surface area contributed by atoms with Gasteiger partial charge in [0.15, 0.2) is 0 Å². The zero-order valence-corrected chi connectivity index (χ0v) is 21.2. The molecule has 2 aliphatic heterocycles. The van der Waals surface area contributed by atoms with Crippen molar-refractivity contribution in [3.05, 3.63) is 99.9 Å². The van der Waals surface area contributed by atoms with Crippen LogP contribution in [0.3, 0.4) is 0 Å². The summed E-state index contributed by atoms with van der Waals surface area (Å²) < 4.78 is 3.86. The molecule has 0 unspecified atom stereocenters. The number of amides is 1. The van der Waals surface area contributed by atoms with Crippen molar-refractivity contribution in [1.82, 2.24) is 0 Å². The highest BCUT2D eigenvalue weighted by Crippen LogP contribution is 2.59. The lowest BCUT2D eigenvalue weighted by Gasteiger charge is -2.38. The first-order valence-electron chi connectivity index (χ1n) is 10.7. The van der Waals surface area contributed by atoms with Crippen LogP contribution in [0.4, 0.5) is 11.4 Å². The number of halogens is 1. The maximum absolute atomic E-state index is 13.9. The Labute approximate surface area is 216 Å².